The molecule has 31 heavy (non-hydrogen) atoms. The molecule has 0 radical (unpaired) electrons. The van der Waals surface area contributed by atoms with E-state index in [4.69, 9.17) is 9.84 Å². The summed E-state index contributed by atoms with van der Waals surface area (Å²) in [6.07, 6.45) is -2.70. The molecule has 0 spiro atoms. The first-order valence-electron chi connectivity index (χ1n) is 9.77. The number of halogens is 3. The van der Waals surface area contributed by atoms with Gasteiger partial charge in [-0.2, -0.15) is 13.2 Å². The number of aromatic carboxylic acids is 1. The van der Waals surface area contributed by atoms with Crippen LogP contribution in [0.3, 0.4) is 0 Å². The second kappa shape index (κ2) is 9.20. The fourth-order valence-corrected chi connectivity index (χ4v) is 3.14. The van der Waals surface area contributed by atoms with Crippen molar-refractivity contribution in [2.45, 2.75) is 32.5 Å². The predicted molar refractivity (Wildman–Crippen MR) is 111 cm³/mol. The molecular weight excluding hydrogens is 407 g/mol. The molecule has 3 aromatic rings. The Hall–Kier alpha value is -3.35. The van der Waals surface area contributed by atoms with Gasteiger partial charge in [0.2, 0.25) is 5.88 Å². The lowest BCUT2D eigenvalue weighted by molar-refractivity contribution is -0.137. The highest BCUT2D eigenvalue weighted by atomic mass is 19.4. The van der Waals surface area contributed by atoms with Crippen LogP contribution in [-0.4, -0.2) is 16.1 Å². The summed E-state index contributed by atoms with van der Waals surface area (Å²) in [4.78, 5) is 15.1. The smallest absolute Gasteiger partial charge is 0.416 e. The molecule has 3 rings (SSSR count). The Kier molecular flexibility index (Phi) is 6.63. The van der Waals surface area contributed by atoms with E-state index in [0.717, 1.165) is 23.3 Å². The van der Waals surface area contributed by atoms with Crippen molar-refractivity contribution in [2.75, 3.05) is 0 Å². The number of carboxylic acid groups (broad SMARTS) is 1. The van der Waals surface area contributed by atoms with Crippen molar-refractivity contribution < 1.29 is 27.8 Å². The molecule has 1 heterocycles. The minimum absolute atomic E-state index is 0.0775. The number of carboxylic acids is 1. The molecule has 4 nitrogen and oxygen atoms in total. The summed E-state index contributed by atoms with van der Waals surface area (Å²) in [5, 5.41) is 8.99. The van der Waals surface area contributed by atoms with Crippen LogP contribution in [0.15, 0.2) is 66.9 Å². The van der Waals surface area contributed by atoms with Crippen LogP contribution >= 0.6 is 0 Å². The number of hydrogen-bond donors (Lipinski definition) is 1. The third-order valence-corrected chi connectivity index (χ3v) is 4.76. The van der Waals surface area contributed by atoms with Crippen LogP contribution in [0.4, 0.5) is 13.2 Å². The van der Waals surface area contributed by atoms with Gasteiger partial charge >= 0.3 is 12.1 Å². The van der Waals surface area contributed by atoms with E-state index in [9.17, 15) is 18.0 Å². The van der Waals surface area contributed by atoms with Crippen molar-refractivity contribution in [3.05, 3.63) is 83.6 Å². The minimum Gasteiger partial charge on any atom is -0.478 e. The van der Waals surface area contributed by atoms with E-state index in [1.54, 1.807) is 0 Å². The van der Waals surface area contributed by atoms with Crippen LogP contribution in [0.2, 0.25) is 0 Å². The lowest BCUT2D eigenvalue weighted by Crippen LogP contribution is -2.11. The number of hydrogen-bond acceptors (Lipinski definition) is 3. The van der Waals surface area contributed by atoms with Crippen molar-refractivity contribution in [2.24, 2.45) is 5.92 Å². The standard InChI is InChI=1S/C24H22F3NO3/c1-15(2)13-21(31-22-12-9-19(14-28-22)23(29)30)18-5-3-16(4-6-18)17-7-10-20(11-8-17)24(25,26)27/h3-12,14-15,21H,13H2,1-2H3,(H,29,30). The number of alkyl halides is 3. The van der Waals surface area contributed by atoms with Gasteiger partial charge in [0, 0.05) is 12.3 Å². The minimum atomic E-state index is -4.36. The number of nitrogens with zero attached hydrogens (tertiary/aromatic N) is 1. The third kappa shape index (κ3) is 5.84. The summed E-state index contributed by atoms with van der Waals surface area (Å²) in [7, 11) is 0. The molecule has 1 N–H and O–H groups in total. The summed E-state index contributed by atoms with van der Waals surface area (Å²) in [5.41, 5.74) is 1.78. The molecule has 0 amide bonds. The van der Waals surface area contributed by atoms with Crippen LogP contribution in [0.5, 0.6) is 5.88 Å². The van der Waals surface area contributed by atoms with Crippen LogP contribution in [-0.2, 0) is 6.18 Å². The average molecular weight is 429 g/mol. The molecule has 0 fully saturated rings. The summed E-state index contributed by atoms with van der Waals surface area (Å²) in [6.45, 7) is 4.13. The molecule has 1 aromatic heterocycles. The fourth-order valence-electron chi connectivity index (χ4n) is 3.14. The highest BCUT2D eigenvalue weighted by Crippen LogP contribution is 2.32. The molecule has 7 heteroatoms. The molecule has 162 valence electrons. The van der Waals surface area contributed by atoms with Crippen molar-refractivity contribution in [1.29, 1.82) is 0 Å². The fraction of sp³-hybridized carbons (Fsp3) is 0.250. The molecule has 0 bridgehead atoms. The average Bonchev–Trinajstić information content (AvgIpc) is 2.73. The summed E-state index contributed by atoms with van der Waals surface area (Å²) >= 11 is 0. The zero-order valence-electron chi connectivity index (χ0n) is 17.1. The summed E-state index contributed by atoms with van der Waals surface area (Å²) in [5.74, 6) is -0.406. The molecule has 0 aliphatic rings. The quantitative estimate of drug-likeness (QED) is 0.458. The Balaban J connectivity index is 1.79. The first-order valence-corrected chi connectivity index (χ1v) is 9.77. The first kappa shape index (κ1) is 22.3. The van der Waals surface area contributed by atoms with Gasteiger partial charge in [-0.15, -0.1) is 0 Å². The van der Waals surface area contributed by atoms with Crippen LogP contribution < -0.4 is 4.74 Å². The van der Waals surface area contributed by atoms with Crippen molar-refractivity contribution >= 4 is 5.97 Å². The van der Waals surface area contributed by atoms with E-state index < -0.39 is 17.7 Å². The monoisotopic (exact) mass is 429 g/mol. The topological polar surface area (TPSA) is 59.4 Å². The van der Waals surface area contributed by atoms with E-state index in [0.29, 0.717) is 23.8 Å². The van der Waals surface area contributed by atoms with Gasteiger partial charge in [-0.25, -0.2) is 9.78 Å². The third-order valence-electron chi connectivity index (χ3n) is 4.76. The van der Waals surface area contributed by atoms with E-state index in [1.807, 2.05) is 24.3 Å². The van der Waals surface area contributed by atoms with Gasteiger partial charge in [0.1, 0.15) is 6.10 Å². The van der Waals surface area contributed by atoms with Gasteiger partial charge < -0.3 is 9.84 Å². The van der Waals surface area contributed by atoms with Crippen LogP contribution in [0.1, 0.15) is 47.9 Å². The maximum atomic E-state index is 12.8. The molecule has 0 saturated carbocycles. The lowest BCUT2D eigenvalue weighted by atomic mass is 9.96. The number of rotatable bonds is 7. The van der Waals surface area contributed by atoms with Crippen molar-refractivity contribution in [3.8, 4) is 17.0 Å². The summed E-state index contributed by atoms with van der Waals surface area (Å²) < 4.78 is 44.3. The second-order valence-electron chi connectivity index (χ2n) is 7.62. The zero-order valence-corrected chi connectivity index (χ0v) is 17.1. The highest BCUT2D eigenvalue weighted by molar-refractivity contribution is 5.87. The Morgan fingerprint density at radius 3 is 2.00 bits per heavy atom. The van der Waals surface area contributed by atoms with Gasteiger partial charge in [0.05, 0.1) is 11.1 Å². The molecule has 2 aromatic carbocycles. The maximum Gasteiger partial charge on any atom is 0.416 e. The molecule has 1 unspecified atom stereocenters. The lowest BCUT2D eigenvalue weighted by Gasteiger charge is -2.21. The van der Waals surface area contributed by atoms with Crippen molar-refractivity contribution in [1.82, 2.24) is 4.98 Å². The Labute approximate surface area is 178 Å². The van der Waals surface area contributed by atoms with E-state index >= 15 is 0 Å². The molecular formula is C24H22F3NO3. The molecule has 1 atom stereocenters. The summed E-state index contributed by atoms with van der Waals surface area (Å²) in [6, 6.07) is 15.4. The Bertz CT molecular complexity index is 1010. The molecule has 0 aliphatic carbocycles. The maximum absolute atomic E-state index is 12.8. The zero-order chi connectivity index (χ0) is 22.6. The van der Waals surface area contributed by atoms with Crippen LogP contribution in [0, 0.1) is 5.92 Å². The van der Waals surface area contributed by atoms with Gasteiger partial charge in [-0.3, -0.25) is 0 Å². The van der Waals surface area contributed by atoms with Gasteiger partial charge in [-0.1, -0.05) is 50.2 Å². The second-order valence-corrected chi connectivity index (χ2v) is 7.62. The SMILES string of the molecule is CC(C)CC(Oc1ccc(C(=O)O)cn1)c1ccc(-c2ccc(C(F)(F)F)cc2)cc1. The Morgan fingerprint density at radius 1 is 0.968 bits per heavy atom. The van der Waals surface area contributed by atoms with Gasteiger partial charge in [0.25, 0.3) is 0 Å². The van der Waals surface area contributed by atoms with Crippen molar-refractivity contribution in [3.63, 3.8) is 0 Å². The van der Waals surface area contributed by atoms with E-state index in [2.05, 4.69) is 18.8 Å². The molecule has 0 aliphatic heterocycles. The number of aromatic nitrogens is 1. The van der Waals surface area contributed by atoms with Gasteiger partial charge in [-0.05, 0) is 47.2 Å². The largest absolute Gasteiger partial charge is 0.478 e. The predicted octanol–water partition coefficient (Wildman–Crippen LogP) is 6.63. The highest BCUT2D eigenvalue weighted by Gasteiger charge is 2.30. The number of ether oxygens (including phenoxy) is 1. The van der Waals surface area contributed by atoms with Gasteiger partial charge in [0.15, 0.2) is 0 Å². The van der Waals surface area contributed by atoms with E-state index in [1.165, 1.54) is 30.5 Å². The number of benzene rings is 2. The number of carbonyl (C=O) groups is 1. The first-order chi connectivity index (χ1) is 14.6. The normalized spacial score (nSPS) is 12.6. The number of pyridine rings is 1. The van der Waals surface area contributed by atoms with E-state index in [-0.39, 0.29) is 11.7 Å². The molecule has 0 saturated heterocycles. The van der Waals surface area contributed by atoms with Crippen LogP contribution in [0.25, 0.3) is 11.1 Å². The Morgan fingerprint density at radius 2 is 1.55 bits per heavy atom.